The Kier molecular flexibility index (Phi) is 7.42. The molecule has 0 radical (unpaired) electrons. The number of benzene rings is 4. The van der Waals surface area contributed by atoms with Crippen LogP contribution in [-0.2, 0) is 11.3 Å². The molecule has 6 nitrogen and oxygen atoms in total. The van der Waals surface area contributed by atoms with Crippen LogP contribution in [0.2, 0.25) is 0 Å². The van der Waals surface area contributed by atoms with E-state index in [-0.39, 0.29) is 17.7 Å². The van der Waals surface area contributed by atoms with E-state index >= 15 is 0 Å². The third-order valence-electron chi connectivity index (χ3n) is 5.87. The summed E-state index contributed by atoms with van der Waals surface area (Å²) in [4.78, 5) is 27.4. The number of hydrogen-bond donors (Lipinski definition) is 0. The molecule has 0 unspecified atom stereocenters. The van der Waals surface area contributed by atoms with Gasteiger partial charge in [0.2, 0.25) is 0 Å². The smallest absolute Gasteiger partial charge is 0.293 e. The molecular weight excluding hydrogens is 486 g/mol. The van der Waals surface area contributed by atoms with Gasteiger partial charge in [0.05, 0.1) is 18.6 Å². The minimum atomic E-state index is -0.305. The Hall–Kier alpha value is -4.23. The van der Waals surface area contributed by atoms with Crippen molar-refractivity contribution in [1.82, 2.24) is 4.90 Å². The van der Waals surface area contributed by atoms with Gasteiger partial charge >= 0.3 is 0 Å². The van der Waals surface area contributed by atoms with E-state index in [4.69, 9.17) is 14.2 Å². The zero-order valence-corrected chi connectivity index (χ0v) is 21.1. The summed E-state index contributed by atoms with van der Waals surface area (Å²) < 4.78 is 17.0. The molecule has 0 spiro atoms. The van der Waals surface area contributed by atoms with Crippen molar-refractivity contribution in [3.05, 3.63) is 107 Å². The second kappa shape index (κ2) is 11.2. The average molecular weight is 512 g/mol. The highest BCUT2D eigenvalue weighted by Crippen LogP contribution is 2.35. The van der Waals surface area contributed by atoms with Crippen LogP contribution in [0.25, 0.3) is 16.8 Å². The van der Waals surface area contributed by atoms with Gasteiger partial charge in [-0.3, -0.25) is 14.5 Å². The third-order valence-corrected chi connectivity index (χ3v) is 6.77. The minimum absolute atomic E-state index is 0.230. The molecule has 1 heterocycles. The summed E-state index contributed by atoms with van der Waals surface area (Å²) in [6.07, 6.45) is 1.70. The summed E-state index contributed by atoms with van der Waals surface area (Å²) >= 11 is 0.942. The Bertz CT molecular complexity index is 1470. The number of amides is 2. The number of carbonyl (C=O) groups is 2. The van der Waals surface area contributed by atoms with Crippen LogP contribution >= 0.6 is 11.8 Å². The molecule has 37 heavy (non-hydrogen) atoms. The molecule has 0 N–H and O–H groups in total. The third kappa shape index (κ3) is 5.78. The highest BCUT2D eigenvalue weighted by Gasteiger charge is 2.35. The molecule has 186 valence electrons. The van der Waals surface area contributed by atoms with Crippen LogP contribution in [0.15, 0.2) is 95.9 Å². The number of para-hydroxylation sites is 1. The lowest BCUT2D eigenvalue weighted by Crippen LogP contribution is -2.27. The van der Waals surface area contributed by atoms with Gasteiger partial charge in [0.15, 0.2) is 11.5 Å². The van der Waals surface area contributed by atoms with Crippen molar-refractivity contribution in [2.75, 3.05) is 20.3 Å². The van der Waals surface area contributed by atoms with E-state index in [1.54, 1.807) is 25.3 Å². The van der Waals surface area contributed by atoms with Crippen molar-refractivity contribution in [2.45, 2.75) is 6.54 Å². The summed E-state index contributed by atoms with van der Waals surface area (Å²) in [5.74, 6) is 1.58. The van der Waals surface area contributed by atoms with Crippen LogP contribution < -0.4 is 14.2 Å². The van der Waals surface area contributed by atoms with E-state index in [2.05, 4.69) is 0 Å². The van der Waals surface area contributed by atoms with Gasteiger partial charge in [-0.2, -0.15) is 0 Å². The van der Waals surface area contributed by atoms with Gasteiger partial charge in [-0.05, 0) is 70.1 Å². The Morgan fingerprint density at radius 2 is 1.54 bits per heavy atom. The number of fused-ring (bicyclic) bond motifs is 1. The van der Waals surface area contributed by atoms with Gasteiger partial charge in [-0.25, -0.2) is 0 Å². The maximum Gasteiger partial charge on any atom is 0.293 e. The second-order valence-corrected chi connectivity index (χ2v) is 9.36. The van der Waals surface area contributed by atoms with Crippen LogP contribution in [0.5, 0.6) is 17.2 Å². The number of ether oxygens (including phenoxy) is 3. The standard InChI is InChI=1S/C30H25NO5S/c1-34-27-18-21(12-14-26(27)36-16-15-35-25-9-3-2-4-10-25)19-28-29(32)31(30(33)37-28)20-22-11-13-23-7-5-6-8-24(23)17-22/h2-14,17-19H,15-16,20H2,1H3/b28-19-. The van der Waals surface area contributed by atoms with Crippen molar-refractivity contribution in [3.63, 3.8) is 0 Å². The molecule has 5 rings (SSSR count). The molecule has 1 saturated heterocycles. The maximum atomic E-state index is 13.0. The first-order chi connectivity index (χ1) is 18.1. The Labute approximate surface area is 219 Å². The highest BCUT2D eigenvalue weighted by atomic mass is 32.2. The van der Waals surface area contributed by atoms with Crippen molar-refractivity contribution >= 4 is 39.8 Å². The zero-order valence-electron chi connectivity index (χ0n) is 20.3. The maximum absolute atomic E-state index is 13.0. The molecule has 1 aliphatic heterocycles. The molecule has 0 atom stereocenters. The molecule has 4 aromatic rings. The topological polar surface area (TPSA) is 65.1 Å². The van der Waals surface area contributed by atoms with Crippen molar-refractivity contribution in [1.29, 1.82) is 0 Å². The summed E-state index contributed by atoms with van der Waals surface area (Å²) in [6, 6.07) is 28.9. The number of thioether (sulfide) groups is 1. The van der Waals surface area contributed by atoms with Crippen LogP contribution in [0.4, 0.5) is 4.79 Å². The molecular formula is C30H25NO5S. The normalized spacial score (nSPS) is 14.4. The van der Waals surface area contributed by atoms with Gasteiger partial charge in [0.1, 0.15) is 19.0 Å². The van der Waals surface area contributed by atoms with Crippen molar-refractivity contribution < 1.29 is 23.8 Å². The summed E-state index contributed by atoms with van der Waals surface area (Å²) in [5.41, 5.74) is 1.64. The molecule has 0 saturated carbocycles. The lowest BCUT2D eigenvalue weighted by molar-refractivity contribution is -0.123. The van der Waals surface area contributed by atoms with Crippen LogP contribution in [0.1, 0.15) is 11.1 Å². The Morgan fingerprint density at radius 1 is 0.784 bits per heavy atom. The second-order valence-electron chi connectivity index (χ2n) is 8.37. The number of hydrogen-bond acceptors (Lipinski definition) is 6. The van der Waals surface area contributed by atoms with E-state index < -0.39 is 0 Å². The van der Waals surface area contributed by atoms with Crippen molar-refractivity contribution in [3.8, 4) is 17.2 Å². The zero-order chi connectivity index (χ0) is 25.6. The molecule has 1 aliphatic rings. The first-order valence-electron chi connectivity index (χ1n) is 11.8. The van der Waals surface area contributed by atoms with E-state index in [1.165, 1.54) is 4.90 Å². The summed E-state index contributed by atoms with van der Waals surface area (Å²) in [6.45, 7) is 0.964. The number of nitrogens with zero attached hydrogens (tertiary/aromatic N) is 1. The molecule has 0 aromatic heterocycles. The quantitative estimate of drug-likeness (QED) is 0.188. The van der Waals surface area contributed by atoms with E-state index in [9.17, 15) is 9.59 Å². The number of methoxy groups -OCH3 is 1. The number of carbonyl (C=O) groups excluding carboxylic acids is 2. The van der Waals surface area contributed by atoms with Gasteiger partial charge in [-0.15, -0.1) is 0 Å². The van der Waals surface area contributed by atoms with E-state index in [0.717, 1.165) is 39.4 Å². The molecule has 1 fully saturated rings. The minimum Gasteiger partial charge on any atom is -0.493 e. The molecule has 7 heteroatoms. The lowest BCUT2D eigenvalue weighted by Gasteiger charge is -2.13. The molecule has 4 aromatic carbocycles. The van der Waals surface area contributed by atoms with Gasteiger partial charge in [0, 0.05) is 0 Å². The van der Waals surface area contributed by atoms with E-state index in [1.807, 2.05) is 78.9 Å². The fourth-order valence-corrected chi connectivity index (χ4v) is 4.87. The Balaban J connectivity index is 1.24. The van der Waals surface area contributed by atoms with Crippen molar-refractivity contribution in [2.24, 2.45) is 0 Å². The monoisotopic (exact) mass is 511 g/mol. The Morgan fingerprint density at radius 3 is 2.35 bits per heavy atom. The first kappa shape index (κ1) is 24.5. The molecule has 0 aliphatic carbocycles. The van der Waals surface area contributed by atoms with E-state index in [0.29, 0.717) is 29.6 Å². The average Bonchev–Trinajstić information content (AvgIpc) is 3.19. The number of imide groups is 1. The fraction of sp³-hybridized carbons (Fsp3) is 0.133. The van der Waals surface area contributed by atoms with Crippen LogP contribution in [0.3, 0.4) is 0 Å². The van der Waals surface area contributed by atoms with Gasteiger partial charge < -0.3 is 14.2 Å². The first-order valence-corrected chi connectivity index (χ1v) is 12.6. The largest absolute Gasteiger partial charge is 0.493 e. The van der Waals surface area contributed by atoms with Crippen LogP contribution in [0, 0.1) is 0 Å². The van der Waals surface area contributed by atoms with Crippen LogP contribution in [-0.4, -0.2) is 36.4 Å². The lowest BCUT2D eigenvalue weighted by atomic mass is 10.1. The van der Waals surface area contributed by atoms with Gasteiger partial charge in [-0.1, -0.05) is 60.7 Å². The van der Waals surface area contributed by atoms with Gasteiger partial charge in [0.25, 0.3) is 11.1 Å². The highest BCUT2D eigenvalue weighted by molar-refractivity contribution is 8.18. The SMILES string of the molecule is COc1cc(/C=C2\SC(=O)N(Cc3ccc4ccccc4c3)C2=O)ccc1OCCOc1ccccc1. The molecule has 0 bridgehead atoms. The summed E-state index contributed by atoms with van der Waals surface area (Å²) in [7, 11) is 1.56. The predicted molar refractivity (Wildman–Crippen MR) is 146 cm³/mol. The predicted octanol–water partition coefficient (Wildman–Crippen LogP) is 6.54. The fourth-order valence-electron chi connectivity index (χ4n) is 4.03. The summed E-state index contributed by atoms with van der Waals surface area (Å²) in [5, 5.41) is 1.91. The number of rotatable bonds is 9. The molecule has 2 amide bonds.